The van der Waals surface area contributed by atoms with Crippen LogP contribution in [0.2, 0.25) is 0 Å². The van der Waals surface area contributed by atoms with E-state index in [4.69, 9.17) is 0 Å². The molecule has 0 aliphatic carbocycles. The second kappa shape index (κ2) is 5.98. The van der Waals surface area contributed by atoms with Crippen LogP contribution in [0, 0.1) is 0 Å². The molecule has 0 saturated carbocycles. The average molecular weight is 319 g/mol. The maximum Gasteiger partial charge on any atom is 0.239 e. The number of aliphatic imine (C=N–C) groups is 1. The largest absolute Gasteiger partial charge is 0.358 e. The zero-order valence-electron chi connectivity index (χ0n) is 10.6. The molecule has 0 spiro atoms. The summed E-state index contributed by atoms with van der Waals surface area (Å²) in [5.41, 5.74) is 0. The normalized spacial score (nSPS) is 26.4. The van der Waals surface area contributed by atoms with E-state index < -0.39 is 0 Å². The molecule has 0 bridgehead atoms. The summed E-state index contributed by atoms with van der Waals surface area (Å²) in [6.07, 6.45) is 0. The second-order valence-electron chi connectivity index (χ2n) is 3.67. The number of allylic oxidation sites excluding steroid dienone is 2. The molecule has 3 nitrogen and oxygen atoms in total. The van der Waals surface area contributed by atoms with E-state index in [2.05, 4.69) is 24.2 Å². The number of hydrogen-bond acceptors (Lipinski definition) is 6. The number of nitrogens with zero attached hydrogens (tertiary/aromatic N) is 1. The van der Waals surface area contributed by atoms with Crippen LogP contribution in [0.3, 0.4) is 0 Å². The van der Waals surface area contributed by atoms with Gasteiger partial charge in [-0.1, -0.05) is 47.0 Å². The van der Waals surface area contributed by atoms with Gasteiger partial charge in [-0.05, 0) is 23.7 Å². The van der Waals surface area contributed by atoms with Gasteiger partial charge < -0.3 is 5.32 Å². The van der Waals surface area contributed by atoms with Gasteiger partial charge in [-0.3, -0.25) is 9.79 Å². The van der Waals surface area contributed by atoms with Crippen molar-refractivity contribution in [2.24, 2.45) is 4.99 Å². The Kier molecular flexibility index (Phi) is 4.80. The molecular formula is C11H14N2OS4. The highest BCUT2D eigenvalue weighted by Gasteiger charge is 2.36. The van der Waals surface area contributed by atoms with Crippen LogP contribution < -0.4 is 5.32 Å². The first-order chi connectivity index (χ1) is 8.56. The van der Waals surface area contributed by atoms with Crippen LogP contribution in [0.5, 0.6) is 0 Å². The summed E-state index contributed by atoms with van der Waals surface area (Å²) >= 11 is 6.83. The number of amides is 1. The second-order valence-corrected chi connectivity index (χ2v) is 8.78. The highest BCUT2D eigenvalue weighted by atomic mass is 32.2. The van der Waals surface area contributed by atoms with Gasteiger partial charge in [-0.15, -0.1) is 0 Å². The number of rotatable bonds is 1. The predicted octanol–water partition coefficient (Wildman–Crippen LogP) is 3.47. The molecule has 2 rings (SSSR count). The van der Waals surface area contributed by atoms with Crippen LogP contribution in [-0.2, 0) is 4.79 Å². The molecule has 98 valence electrons. The Balaban J connectivity index is 2.21. The van der Waals surface area contributed by atoms with Crippen molar-refractivity contribution in [3.05, 3.63) is 18.3 Å². The Labute approximate surface area is 124 Å². The van der Waals surface area contributed by atoms with E-state index in [1.54, 1.807) is 61.1 Å². The Hall–Kier alpha value is 0.0200. The fraction of sp³-hybridized carbons (Fsp3) is 0.455. The fourth-order valence-electron chi connectivity index (χ4n) is 1.41. The lowest BCUT2D eigenvalue weighted by molar-refractivity contribution is -0.118. The van der Waals surface area contributed by atoms with Gasteiger partial charge in [-0.2, -0.15) is 0 Å². The molecule has 18 heavy (non-hydrogen) atoms. The number of nitrogens with one attached hydrogen (secondary N) is 1. The molecule has 0 aromatic heterocycles. The van der Waals surface area contributed by atoms with Gasteiger partial charge in [0.15, 0.2) is 0 Å². The summed E-state index contributed by atoms with van der Waals surface area (Å²) < 4.78 is 2.49. The Morgan fingerprint density at radius 1 is 1.17 bits per heavy atom. The summed E-state index contributed by atoms with van der Waals surface area (Å²) in [5, 5.41) is 3.41. The quantitative estimate of drug-likeness (QED) is 0.802. The van der Waals surface area contributed by atoms with Gasteiger partial charge in [0.25, 0.3) is 0 Å². The van der Waals surface area contributed by atoms with Crippen molar-refractivity contribution in [3.8, 4) is 0 Å². The van der Waals surface area contributed by atoms with Gasteiger partial charge in [0.1, 0.15) is 5.25 Å². The van der Waals surface area contributed by atoms with Crippen molar-refractivity contribution in [1.29, 1.82) is 0 Å². The van der Waals surface area contributed by atoms with E-state index in [0.717, 1.165) is 5.04 Å². The number of hydrogen-bond donors (Lipinski definition) is 1. The molecule has 2 aliphatic heterocycles. The first kappa shape index (κ1) is 14.4. The molecule has 0 radical (unpaired) electrons. The summed E-state index contributed by atoms with van der Waals surface area (Å²) in [5.74, 6) is 0.0260. The topological polar surface area (TPSA) is 41.5 Å². The van der Waals surface area contributed by atoms with Crippen molar-refractivity contribution in [2.45, 2.75) is 19.1 Å². The Morgan fingerprint density at radius 3 is 2.28 bits per heavy atom. The number of carbonyl (C=O) groups excluding carboxylic acids is 1. The van der Waals surface area contributed by atoms with Crippen molar-refractivity contribution in [1.82, 2.24) is 5.32 Å². The van der Waals surface area contributed by atoms with Crippen LogP contribution in [0.1, 0.15) is 13.8 Å². The Bertz CT molecular complexity index is 465. The maximum absolute atomic E-state index is 11.8. The van der Waals surface area contributed by atoms with Crippen molar-refractivity contribution in [2.75, 3.05) is 14.1 Å². The van der Waals surface area contributed by atoms with Gasteiger partial charge in [-0.25, -0.2) is 0 Å². The minimum atomic E-state index is -0.185. The van der Waals surface area contributed by atoms with E-state index in [1.165, 1.54) is 18.3 Å². The molecule has 2 heterocycles. The first-order valence-electron chi connectivity index (χ1n) is 5.37. The van der Waals surface area contributed by atoms with Crippen LogP contribution in [0.4, 0.5) is 0 Å². The molecule has 1 saturated heterocycles. The Morgan fingerprint density at radius 2 is 1.78 bits per heavy atom. The van der Waals surface area contributed by atoms with Gasteiger partial charge in [0, 0.05) is 14.1 Å². The number of thioether (sulfide) groups is 4. The molecule has 1 fully saturated rings. The van der Waals surface area contributed by atoms with Crippen LogP contribution in [0.15, 0.2) is 23.3 Å². The summed E-state index contributed by atoms with van der Waals surface area (Å²) in [7, 11) is 3.41. The van der Waals surface area contributed by atoms with E-state index in [0.29, 0.717) is 0 Å². The third-order valence-corrected chi connectivity index (χ3v) is 8.45. The first-order valence-corrected chi connectivity index (χ1v) is 8.70. The van der Waals surface area contributed by atoms with Gasteiger partial charge in [0.2, 0.25) is 5.91 Å². The summed E-state index contributed by atoms with van der Waals surface area (Å²) in [6.45, 7) is 4.27. The third-order valence-electron chi connectivity index (χ3n) is 2.51. The molecular weight excluding hydrogens is 304 g/mol. The summed E-state index contributed by atoms with van der Waals surface area (Å²) in [6, 6.07) is 0. The molecule has 2 aliphatic rings. The monoisotopic (exact) mass is 318 g/mol. The van der Waals surface area contributed by atoms with Crippen LogP contribution in [-0.4, -0.2) is 30.3 Å². The smallest absolute Gasteiger partial charge is 0.239 e. The SMILES string of the molecule is CN=C1SC(=C2SC(C)=C(C)S2)SC1C(=O)NC. The minimum Gasteiger partial charge on any atom is -0.358 e. The maximum atomic E-state index is 11.8. The minimum absolute atomic E-state index is 0.0260. The molecule has 1 N–H and O–H groups in total. The zero-order valence-corrected chi connectivity index (χ0v) is 13.8. The predicted molar refractivity (Wildman–Crippen MR) is 87.0 cm³/mol. The summed E-state index contributed by atoms with van der Waals surface area (Å²) in [4.78, 5) is 18.7. The molecule has 1 amide bonds. The van der Waals surface area contributed by atoms with Crippen molar-refractivity contribution < 1.29 is 4.79 Å². The highest BCUT2D eigenvalue weighted by molar-refractivity contribution is 8.38. The van der Waals surface area contributed by atoms with E-state index in [1.807, 2.05) is 0 Å². The van der Waals surface area contributed by atoms with Gasteiger partial charge in [0.05, 0.1) is 13.5 Å². The van der Waals surface area contributed by atoms with E-state index in [-0.39, 0.29) is 11.2 Å². The lowest BCUT2D eigenvalue weighted by atomic mass is 10.4. The van der Waals surface area contributed by atoms with Crippen LogP contribution >= 0.6 is 47.0 Å². The third kappa shape index (κ3) is 2.79. The lowest BCUT2D eigenvalue weighted by Gasteiger charge is -2.05. The molecule has 0 aromatic rings. The standard InChI is InChI=1S/C11H14N2OS4/c1-5-6(2)16-10(15-5)11-17-7(8(14)12-3)9(13-4)18-11/h7H,1-4H3,(H,12,14). The number of carbonyl (C=O) groups is 1. The van der Waals surface area contributed by atoms with Crippen molar-refractivity contribution in [3.63, 3.8) is 0 Å². The molecule has 1 atom stereocenters. The fourth-order valence-corrected chi connectivity index (χ4v) is 6.97. The molecule has 0 aromatic carbocycles. The lowest BCUT2D eigenvalue weighted by Crippen LogP contribution is -2.32. The zero-order chi connectivity index (χ0) is 13.3. The average Bonchev–Trinajstić information content (AvgIpc) is 2.93. The van der Waals surface area contributed by atoms with Gasteiger partial charge >= 0.3 is 0 Å². The van der Waals surface area contributed by atoms with Crippen LogP contribution in [0.25, 0.3) is 0 Å². The van der Waals surface area contributed by atoms with E-state index >= 15 is 0 Å². The van der Waals surface area contributed by atoms with Crippen molar-refractivity contribution >= 4 is 58.0 Å². The molecule has 1 unspecified atom stereocenters. The molecule has 7 heteroatoms. The highest BCUT2D eigenvalue weighted by Crippen LogP contribution is 2.57. The van der Waals surface area contributed by atoms with E-state index in [9.17, 15) is 4.79 Å².